The summed E-state index contributed by atoms with van der Waals surface area (Å²) >= 11 is 0. The van der Waals surface area contributed by atoms with Gasteiger partial charge in [-0.2, -0.15) is 0 Å². The minimum atomic E-state index is -0.363. The summed E-state index contributed by atoms with van der Waals surface area (Å²) in [6.07, 6.45) is 18.0. The van der Waals surface area contributed by atoms with Crippen LogP contribution in [0.5, 0.6) is 0 Å². The van der Waals surface area contributed by atoms with Crippen molar-refractivity contribution in [1.29, 1.82) is 0 Å². The van der Waals surface area contributed by atoms with Crippen molar-refractivity contribution in [1.82, 2.24) is 10.2 Å². The zero-order valence-electron chi connectivity index (χ0n) is 18.3. The third-order valence-corrected chi connectivity index (χ3v) is 7.87. The van der Waals surface area contributed by atoms with Crippen molar-refractivity contribution >= 4 is 5.91 Å². The number of nitrogens with zero attached hydrogens (tertiary/aromatic N) is 1. The first-order valence-electron chi connectivity index (χ1n) is 11.7. The molecule has 1 saturated carbocycles. The van der Waals surface area contributed by atoms with Crippen molar-refractivity contribution in [3.63, 3.8) is 0 Å². The van der Waals surface area contributed by atoms with E-state index in [-0.39, 0.29) is 16.9 Å². The summed E-state index contributed by atoms with van der Waals surface area (Å²) < 4.78 is 6.65. The maximum Gasteiger partial charge on any atom is 0.229 e. The van der Waals surface area contributed by atoms with Crippen molar-refractivity contribution in [2.45, 2.75) is 89.7 Å². The second kappa shape index (κ2) is 8.29. The number of piperidine rings is 1. The molecule has 0 radical (unpaired) electrons. The number of allylic oxidation sites excluding steroid dienone is 3. The number of carbonyl (C=O) groups excluding carboxylic acids is 1. The van der Waals surface area contributed by atoms with Crippen LogP contribution in [0.15, 0.2) is 36.3 Å². The number of nitrogens with one attached hydrogen (secondary N) is 1. The molecule has 0 aromatic heterocycles. The fraction of sp³-hybridized carbons (Fsp3) is 0.720. The van der Waals surface area contributed by atoms with Crippen LogP contribution < -0.4 is 5.32 Å². The van der Waals surface area contributed by atoms with Crippen molar-refractivity contribution in [2.75, 3.05) is 13.1 Å². The molecular weight excluding hydrogens is 360 g/mol. The largest absolute Gasteiger partial charge is 0.487 e. The standard InChI is InChI=1S/C25H38N2O2/c1-4-26-23(28)24(2,3)12-10-19-8-9-22-20(18-19)11-13-25(29-22)14-16-27(17-15-25)21-6-5-7-21/h4,8-9,19,21H,1,5-7,10-18H2,2-3H3,(H,26,28). The number of ether oxygens (including phenoxy) is 1. The molecule has 2 fully saturated rings. The van der Waals surface area contributed by atoms with E-state index in [0.717, 1.165) is 31.1 Å². The molecule has 2 heterocycles. The minimum Gasteiger partial charge on any atom is -0.487 e. The molecule has 1 atom stereocenters. The second-order valence-corrected chi connectivity index (χ2v) is 10.3. The van der Waals surface area contributed by atoms with Gasteiger partial charge in [0.2, 0.25) is 5.91 Å². The normalized spacial score (nSPS) is 27.2. The van der Waals surface area contributed by atoms with Crippen LogP contribution in [-0.2, 0) is 9.53 Å². The van der Waals surface area contributed by atoms with E-state index in [9.17, 15) is 4.79 Å². The molecule has 0 aromatic carbocycles. The smallest absolute Gasteiger partial charge is 0.229 e. The first kappa shape index (κ1) is 20.7. The van der Waals surface area contributed by atoms with E-state index >= 15 is 0 Å². The summed E-state index contributed by atoms with van der Waals surface area (Å²) in [5.74, 6) is 1.74. The van der Waals surface area contributed by atoms with Gasteiger partial charge in [0.15, 0.2) is 0 Å². The molecule has 4 aliphatic rings. The minimum absolute atomic E-state index is 0.0587. The Balaban J connectivity index is 1.29. The molecule has 2 aliphatic carbocycles. The van der Waals surface area contributed by atoms with Gasteiger partial charge < -0.3 is 15.0 Å². The van der Waals surface area contributed by atoms with Crippen LogP contribution in [0.25, 0.3) is 0 Å². The van der Waals surface area contributed by atoms with Crippen LogP contribution in [-0.4, -0.2) is 35.5 Å². The highest BCUT2D eigenvalue weighted by Gasteiger charge is 2.42. The Kier molecular flexibility index (Phi) is 5.92. The van der Waals surface area contributed by atoms with E-state index < -0.39 is 0 Å². The number of carbonyl (C=O) groups is 1. The van der Waals surface area contributed by atoms with E-state index in [4.69, 9.17) is 4.74 Å². The lowest BCUT2D eigenvalue weighted by molar-refractivity contribution is -0.128. The highest BCUT2D eigenvalue weighted by Crippen LogP contribution is 2.44. The van der Waals surface area contributed by atoms with Crippen LogP contribution >= 0.6 is 0 Å². The van der Waals surface area contributed by atoms with Crippen LogP contribution in [0, 0.1) is 11.3 Å². The second-order valence-electron chi connectivity index (χ2n) is 10.3. The summed E-state index contributed by atoms with van der Waals surface area (Å²) in [4.78, 5) is 14.9. The highest BCUT2D eigenvalue weighted by molar-refractivity contribution is 5.82. The maximum atomic E-state index is 12.2. The number of likely N-dealkylation sites (tertiary alicyclic amines) is 1. The Morgan fingerprint density at radius 1 is 1.34 bits per heavy atom. The van der Waals surface area contributed by atoms with Crippen molar-refractivity contribution in [3.05, 3.63) is 36.3 Å². The molecule has 1 unspecified atom stereocenters. The number of amides is 1. The van der Waals surface area contributed by atoms with Gasteiger partial charge in [0.1, 0.15) is 11.4 Å². The van der Waals surface area contributed by atoms with E-state index in [1.807, 2.05) is 13.8 Å². The van der Waals surface area contributed by atoms with Gasteiger partial charge in [-0.05, 0) is 81.6 Å². The molecule has 1 N–H and O–H groups in total. The molecule has 4 heteroatoms. The molecule has 160 valence electrons. The van der Waals surface area contributed by atoms with Crippen LogP contribution in [0.2, 0.25) is 0 Å². The van der Waals surface area contributed by atoms with E-state index in [1.54, 1.807) is 0 Å². The predicted octanol–water partition coefficient (Wildman–Crippen LogP) is 5.08. The van der Waals surface area contributed by atoms with Gasteiger partial charge in [0, 0.05) is 24.5 Å². The van der Waals surface area contributed by atoms with Gasteiger partial charge in [-0.1, -0.05) is 32.9 Å². The van der Waals surface area contributed by atoms with Crippen molar-refractivity contribution in [2.24, 2.45) is 11.3 Å². The number of rotatable bonds is 6. The van der Waals surface area contributed by atoms with Gasteiger partial charge in [0.25, 0.3) is 0 Å². The van der Waals surface area contributed by atoms with Gasteiger partial charge in [-0.15, -0.1) is 0 Å². The van der Waals surface area contributed by atoms with E-state index in [1.165, 1.54) is 69.8 Å². The van der Waals surface area contributed by atoms with Crippen LogP contribution in [0.4, 0.5) is 0 Å². The average molecular weight is 399 g/mol. The lowest BCUT2D eigenvalue weighted by atomic mass is 9.77. The Labute approximate surface area is 176 Å². The third-order valence-electron chi connectivity index (χ3n) is 7.87. The molecule has 0 aromatic rings. The van der Waals surface area contributed by atoms with Crippen molar-refractivity contribution < 1.29 is 9.53 Å². The van der Waals surface area contributed by atoms with E-state index in [0.29, 0.717) is 5.92 Å². The summed E-state index contributed by atoms with van der Waals surface area (Å²) in [7, 11) is 0. The predicted molar refractivity (Wildman–Crippen MR) is 117 cm³/mol. The van der Waals surface area contributed by atoms with Gasteiger partial charge >= 0.3 is 0 Å². The molecule has 1 saturated heterocycles. The zero-order valence-corrected chi connectivity index (χ0v) is 18.3. The monoisotopic (exact) mass is 398 g/mol. The fourth-order valence-corrected chi connectivity index (χ4v) is 5.37. The molecule has 4 nitrogen and oxygen atoms in total. The molecule has 1 spiro atoms. The fourth-order valence-electron chi connectivity index (χ4n) is 5.37. The quantitative estimate of drug-likeness (QED) is 0.678. The average Bonchev–Trinajstić information content (AvgIpc) is 2.67. The highest BCUT2D eigenvalue weighted by atomic mass is 16.5. The first-order chi connectivity index (χ1) is 13.9. The topological polar surface area (TPSA) is 41.6 Å². The molecular formula is C25H38N2O2. The zero-order chi connectivity index (χ0) is 20.5. The number of hydrogen-bond acceptors (Lipinski definition) is 3. The van der Waals surface area contributed by atoms with E-state index in [2.05, 4.69) is 28.9 Å². The first-order valence-corrected chi connectivity index (χ1v) is 11.7. The Hall–Kier alpha value is -1.55. The molecule has 1 amide bonds. The Morgan fingerprint density at radius 2 is 2.10 bits per heavy atom. The summed E-state index contributed by atoms with van der Waals surface area (Å²) in [6.45, 7) is 10.1. The Bertz CT molecular complexity index is 694. The summed E-state index contributed by atoms with van der Waals surface area (Å²) in [5.41, 5.74) is 1.22. The maximum absolute atomic E-state index is 12.2. The molecule has 0 bridgehead atoms. The van der Waals surface area contributed by atoms with Crippen molar-refractivity contribution in [3.8, 4) is 0 Å². The molecule has 29 heavy (non-hydrogen) atoms. The van der Waals surface area contributed by atoms with Gasteiger partial charge in [-0.25, -0.2) is 0 Å². The Morgan fingerprint density at radius 3 is 2.76 bits per heavy atom. The van der Waals surface area contributed by atoms with Crippen LogP contribution in [0.3, 0.4) is 0 Å². The van der Waals surface area contributed by atoms with Crippen LogP contribution in [0.1, 0.15) is 78.1 Å². The van der Waals surface area contributed by atoms with Gasteiger partial charge in [0.05, 0.1) is 0 Å². The third kappa shape index (κ3) is 4.47. The lowest BCUT2D eigenvalue weighted by Gasteiger charge is -2.49. The summed E-state index contributed by atoms with van der Waals surface area (Å²) in [6, 6.07) is 0.860. The van der Waals surface area contributed by atoms with Gasteiger partial charge in [-0.3, -0.25) is 4.79 Å². The SMILES string of the molecule is C=CNC(=O)C(C)(C)CCC1C=CC2=C(CCC3(CCN(C4CCC4)CC3)O2)C1. The lowest BCUT2D eigenvalue weighted by Crippen LogP contribution is -2.51. The molecule has 4 rings (SSSR count). The molecule has 2 aliphatic heterocycles. The number of hydrogen-bond donors (Lipinski definition) is 1. The summed E-state index contributed by atoms with van der Waals surface area (Å²) in [5, 5.41) is 2.74.